The summed E-state index contributed by atoms with van der Waals surface area (Å²) in [4.78, 5) is 13.0. The van der Waals surface area contributed by atoms with Crippen LogP contribution in [0.2, 0.25) is 0 Å². The van der Waals surface area contributed by atoms with Gasteiger partial charge in [-0.1, -0.05) is 18.2 Å². The Bertz CT molecular complexity index is 731. The second-order valence-corrected chi connectivity index (χ2v) is 7.22. The Labute approximate surface area is 146 Å². The van der Waals surface area contributed by atoms with Crippen molar-refractivity contribution in [3.8, 4) is 11.5 Å². The summed E-state index contributed by atoms with van der Waals surface area (Å²) in [5, 5.41) is 18.9. The van der Waals surface area contributed by atoms with E-state index < -0.39 is 12.1 Å². The molecule has 1 spiro atoms. The van der Waals surface area contributed by atoms with Crippen LogP contribution in [0.15, 0.2) is 24.3 Å². The predicted octanol–water partition coefficient (Wildman–Crippen LogP) is 1.70. The van der Waals surface area contributed by atoms with E-state index in [9.17, 15) is 9.90 Å². The lowest BCUT2D eigenvalue weighted by Crippen LogP contribution is -2.42. The van der Waals surface area contributed by atoms with Crippen LogP contribution in [-0.2, 0) is 16.8 Å². The molecular weight excluding hydrogens is 322 g/mol. The molecule has 2 N–H and O–H groups in total. The van der Waals surface area contributed by atoms with Crippen molar-refractivity contribution in [1.29, 1.82) is 0 Å². The molecule has 3 aliphatic rings. The van der Waals surface area contributed by atoms with Crippen LogP contribution in [0, 0.1) is 0 Å². The van der Waals surface area contributed by atoms with Crippen molar-refractivity contribution in [2.45, 2.75) is 43.4 Å². The smallest absolute Gasteiger partial charge is 0.306 e. The summed E-state index contributed by atoms with van der Waals surface area (Å²) in [6, 6.07) is 3.93. The fraction of sp³-hybridized carbons (Fsp3) is 0.526. The number of ether oxygens (including phenoxy) is 2. The summed E-state index contributed by atoms with van der Waals surface area (Å²) in [5.74, 6) is 0.438. The first kappa shape index (κ1) is 16.4. The van der Waals surface area contributed by atoms with E-state index in [4.69, 9.17) is 14.6 Å². The quantitative estimate of drug-likeness (QED) is 0.809. The largest absolute Gasteiger partial charge is 0.489 e. The van der Waals surface area contributed by atoms with Crippen molar-refractivity contribution in [1.82, 2.24) is 4.90 Å². The van der Waals surface area contributed by atoms with E-state index in [0.717, 1.165) is 30.8 Å². The van der Waals surface area contributed by atoms with Crippen molar-refractivity contribution in [2.24, 2.45) is 0 Å². The molecule has 6 heteroatoms. The molecule has 4 rings (SSSR count). The normalized spacial score (nSPS) is 30.2. The highest BCUT2D eigenvalue weighted by atomic mass is 16.5. The minimum absolute atomic E-state index is 0.0492. The second-order valence-electron chi connectivity index (χ2n) is 7.22. The third-order valence-corrected chi connectivity index (χ3v) is 5.50. The first-order valence-electron chi connectivity index (χ1n) is 8.73. The zero-order chi connectivity index (χ0) is 17.6. The van der Waals surface area contributed by atoms with E-state index in [1.54, 1.807) is 0 Å². The van der Waals surface area contributed by atoms with Gasteiger partial charge in [-0.3, -0.25) is 4.79 Å². The Morgan fingerprint density at radius 2 is 2.32 bits per heavy atom. The van der Waals surface area contributed by atoms with Crippen LogP contribution in [-0.4, -0.2) is 53.5 Å². The number of rotatable bonds is 4. The van der Waals surface area contributed by atoms with Gasteiger partial charge in [-0.25, -0.2) is 0 Å². The van der Waals surface area contributed by atoms with Crippen molar-refractivity contribution in [3.63, 3.8) is 0 Å². The molecule has 1 aromatic carbocycles. The maximum atomic E-state index is 10.8. The molecule has 0 fully saturated rings. The fourth-order valence-corrected chi connectivity index (χ4v) is 4.28. The highest BCUT2D eigenvalue weighted by molar-refractivity contribution is 5.67. The number of aliphatic carboxylic acids is 1. The molecule has 0 unspecified atom stereocenters. The van der Waals surface area contributed by atoms with Gasteiger partial charge in [-0.15, -0.1) is 0 Å². The van der Waals surface area contributed by atoms with E-state index in [2.05, 4.69) is 24.1 Å². The number of hydrogen-bond acceptors (Lipinski definition) is 5. The second kappa shape index (κ2) is 6.04. The van der Waals surface area contributed by atoms with Crippen molar-refractivity contribution in [2.75, 3.05) is 20.2 Å². The highest BCUT2D eigenvalue weighted by Gasteiger charge is 2.52. The van der Waals surface area contributed by atoms with Gasteiger partial charge in [0.25, 0.3) is 0 Å². The molecule has 0 saturated heterocycles. The Balaban J connectivity index is 1.76. The van der Waals surface area contributed by atoms with E-state index in [1.165, 1.54) is 5.56 Å². The van der Waals surface area contributed by atoms with E-state index >= 15 is 0 Å². The van der Waals surface area contributed by atoms with Gasteiger partial charge in [0.2, 0.25) is 0 Å². The molecule has 0 amide bonds. The molecule has 3 atom stereocenters. The van der Waals surface area contributed by atoms with Gasteiger partial charge in [-0.05, 0) is 31.6 Å². The molecule has 2 aliphatic heterocycles. The van der Waals surface area contributed by atoms with Crippen molar-refractivity contribution < 1.29 is 24.5 Å². The number of aliphatic hydroxyl groups is 1. The first-order chi connectivity index (χ1) is 12.0. The van der Waals surface area contributed by atoms with Gasteiger partial charge in [0, 0.05) is 18.5 Å². The Kier molecular flexibility index (Phi) is 3.96. The number of nitrogens with zero attached hydrogens (tertiary/aromatic N) is 1. The summed E-state index contributed by atoms with van der Waals surface area (Å²) in [7, 11) is 2.11. The molecule has 134 valence electrons. The molecule has 6 nitrogen and oxygen atoms in total. The highest BCUT2D eigenvalue weighted by Crippen LogP contribution is 2.55. The molecule has 1 aromatic rings. The SMILES string of the molecule is CN1CC[C@@]23C=C[C@H](O)C[C@@H]2Oc2c(OCCC(=O)O)ccc(c23)C1. The monoisotopic (exact) mass is 345 g/mol. The molecule has 25 heavy (non-hydrogen) atoms. The van der Waals surface area contributed by atoms with Crippen LogP contribution >= 0.6 is 0 Å². The lowest BCUT2D eigenvalue weighted by atomic mass is 9.69. The van der Waals surface area contributed by atoms with Gasteiger partial charge < -0.3 is 24.6 Å². The van der Waals surface area contributed by atoms with Crippen LogP contribution in [0.3, 0.4) is 0 Å². The number of carboxylic acids is 1. The van der Waals surface area contributed by atoms with Gasteiger partial charge in [-0.2, -0.15) is 0 Å². The van der Waals surface area contributed by atoms with Gasteiger partial charge in [0.15, 0.2) is 11.5 Å². The molecule has 0 saturated carbocycles. The lowest BCUT2D eigenvalue weighted by Gasteiger charge is -2.35. The van der Waals surface area contributed by atoms with Crippen LogP contribution in [0.5, 0.6) is 11.5 Å². The summed E-state index contributed by atoms with van der Waals surface area (Å²) in [6.45, 7) is 1.90. The molecule has 0 aromatic heterocycles. The third kappa shape index (κ3) is 2.69. The van der Waals surface area contributed by atoms with E-state index in [1.807, 2.05) is 12.1 Å². The summed E-state index contributed by atoms with van der Waals surface area (Å²) >= 11 is 0. The molecule has 0 radical (unpaired) electrons. The van der Waals surface area contributed by atoms with Crippen LogP contribution < -0.4 is 9.47 Å². The van der Waals surface area contributed by atoms with Crippen molar-refractivity contribution in [3.05, 3.63) is 35.4 Å². The number of carbonyl (C=O) groups is 1. The van der Waals surface area contributed by atoms with E-state index in [-0.39, 0.29) is 24.5 Å². The first-order valence-corrected chi connectivity index (χ1v) is 8.73. The number of carboxylic acid groups (broad SMARTS) is 1. The number of hydrogen-bond donors (Lipinski definition) is 2. The zero-order valence-corrected chi connectivity index (χ0v) is 14.3. The maximum Gasteiger partial charge on any atom is 0.306 e. The molecular formula is C19H23NO5. The van der Waals surface area contributed by atoms with Crippen LogP contribution in [0.4, 0.5) is 0 Å². The summed E-state index contributed by atoms with van der Waals surface area (Å²) < 4.78 is 12.0. The Morgan fingerprint density at radius 1 is 1.48 bits per heavy atom. The van der Waals surface area contributed by atoms with Crippen LogP contribution in [0.1, 0.15) is 30.4 Å². The topological polar surface area (TPSA) is 79.2 Å². The molecule has 2 heterocycles. The Morgan fingerprint density at radius 3 is 3.12 bits per heavy atom. The van der Waals surface area contributed by atoms with Gasteiger partial charge in [0.1, 0.15) is 6.10 Å². The van der Waals surface area contributed by atoms with Gasteiger partial charge >= 0.3 is 5.97 Å². The van der Waals surface area contributed by atoms with Crippen molar-refractivity contribution >= 4 is 5.97 Å². The van der Waals surface area contributed by atoms with Crippen LogP contribution in [0.25, 0.3) is 0 Å². The number of benzene rings is 1. The zero-order valence-electron chi connectivity index (χ0n) is 14.3. The Hall–Kier alpha value is -2.05. The fourth-order valence-electron chi connectivity index (χ4n) is 4.28. The minimum atomic E-state index is -0.884. The number of aliphatic hydroxyl groups excluding tert-OH is 1. The lowest BCUT2D eigenvalue weighted by molar-refractivity contribution is -0.137. The predicted molar refractivity (Wildman–Crippen MR) is 91.0 cm³/mol. The summed E-state index contributed by atoms with van der Waals surface area (Å²) in [5.41, 5.74) is 2.13. The van der Waals surface area contributed by atoms with E-state index in [0.29, 0.717) is 12.2 Å². The van der Waals surface area contributed by atoms with Gasteiger partial charge in [0.05, 0.1) is 24.5 Å². The average molecular weight is 345 g/mol. The average Bonchev–Trinajstić information content (AvgIpc) is 2.81. The molecule has 0 bridgehead atoms. The minimum Gasteiger partial charge on any atom is -0.489 e. The standard InChI is InChI=1S/C19H23NO5/c1-20-8-7-19-6-4-13(21)10-15(19)25-18-14(24-9-5-16(22)23)3-2-12(11-20)17(18)19/h2-4,6,13,15,21H,5,7-11H2,1H3,(H,22,23)/t13-,15-,19-/m0/s1. The third-order valence-electron chi connectivity index (χ3n) is 5.50. The molecule has 1 aliphatic carbocycles. The summed E-state index contributed by atoms with van der Waals surface area (Å²) in [6.07, 6.45) is 4.82. The maximum absolute atomic E-state index is 10.8.